The van der Waals surface area contributed by atoms with Gasteiger partial charge < -0.3 is 10.1 Å². The number of rotatable bonds is 4. The van der Waals surface area contributed by atoms with Gasteiger partial charge in [0.05, 0.1) is 5.56 Å². The predicted molar refractivity (Wildman–Crippen MR) is 86.4 cm³/mol. The summed E-state index contributed by atoms with van der Waals surface area (Å²) in [5, 5.41) is 3.00. The van der Waals surface area contributed by atoms with Gasteiger partial charge in [0.25, 0.3) is 5.91 Å². The van der Waals surface area contributed by atoms with E-state index in [-0.39, 0.29) is 11.9 Å². The molecule has 1 N–H and O–H groups in total. The third-order valence-electron chi connectivity index (χ3n) is 4.03. The van der Waals surface area contributed by atoms with E-state index < -0.39 is 12.1 Å². The maximum absolute atomic E-state index is 12.2. The molecule has 120 valence electrons. The molecular weight excluding hydrogens is 348 g/mol. The normalized spacial score (nSPS) is 22.7. The Hall–Kier alpha value is -1.43. The number of pyridine rings is 1. The Morgan fingerprint density at radius 3 is 2.77 bits per heavy atom. The number of hydrogen-bond donors (Lipinski definition) is 1. The van der Waals surface area contributed by atoms with Crippen LogP contribution in [0.25, 0.3) is 0 Å². The molecule has 1 aliphatic carbocycles. The van der Waals surface area contributed by atoms with Crippen LogP contribution in [-0.4, -0.2) is 29.0 Å². The van der Waals surface area contributed by atoms with E-state index in [1.807, 2.05) is 0 Å². The maximum Gasteiger partial charge on any atom is 0.340 e. The number of hydrogen-bond acceptors (Lipinski definition) is 4. The molecule has 1 fully saturated rings. The average molecular weight is 369 g/mol. The fourth-order valence-electron chi connectivity index (χ4n) is 2.64. The van der Waals surface area contributed by atoms with Gasteiger partial charge >= 0.3 is 5.97 Å². The fraction of sp³-hybridized carbons (Fsp3) is 0.562. The second kappa shape index (κ2) is 7.72. The number of amides is 1. The smallest absolute Gasteiger partial charge is 0.340 e. The predicted octanol–water partition coefficient (Wildman–Crippen LogP) is 3.08. The Labute approximate surface area is 139 Å². The molecule has 0 unspecified atom stereocenters. The summed E-state index contributed by atoms with van der Waals surface area (Å²) in [4.78, 5) is 28.1. The van der Waals surface area contributed by atoms with Crippen molar-refractivity contribution in [3.05, 3.63) is 28.5 Å². The van der Waals surface area contributed by atoms with Crippen LogP contribution in [-0.2, 0) is 9.53 Å². The standard InChI is InChI=1S/C16H21BrN2O3/c1-10-5-3-4-6-14(10)19-15(20)11(2)22-16(21)12-7-13(17)9-18-8-12/h7-11,14H,3-6H2,1-2H3,(H,19,20)/t10-,11+,14-/m0/s1. The number of ether oxygens (including phenoxy) is 1. The molecule has 6 heteroatoms. The Morgan fingerprint density at radius 1 is 1.36 bits per heavy atom. The van der Waals surface area contributed by atoms with Gasteiger partial charge in [0, 0.05) is 22.9 Å². The van der Waals surface area contributed by atoms with Crippen LogP contribution in [0.5, 0.6) is 0 Å². The zero-order valence-electron chi connectivity index (χ0n) is 12.8. The van der Waals surface area contributed by atoms with Crippen molar-refractivity contribution in [3.63, 3.8) is 0 Å². The summed E-state index contributed by atoms with van der Waals surface area (Å²) < 4.78 is 5.91. The van der Waals surface area contributed by atoms with E-state index in [4.69, 9.17) is 4.74 Å². The van der Waals surface area contributed by atoms with E-state index in [1.54, 1.807) is 19.2 Å². The summed E-state index contributed by atoms with van der Waals surface area (Å²) in [7, 11) is 0. The third kappa shape index (κ3) is 4.53. The lowest BCUT2D eigenvalue weighted by atomic mass is 9.86. The molecule has 0 bridgehead atoms. The summed E-state index contributed by atoms with van der Waals surface area (Å²) in [5.74, 6) is -0.321. The highest BCUT2D eigenvalue weighted by atomic mass is 79.9. The molecule has 0 saturated heterocycles. The van der Waals surface area contributed by atoms with Crippen molar-refractivity contribution in [2.75, 3.05) is 0 Å². The largest absolute Gasteiger partial charge is 0.449 e. The van der Waals surface area contributed by atoms with Crippen molar-refractivity contribution in [2.45, 2.75) is 51.7 Å². The SMILES string of the molecule is C[C@@H](OC(=O)c1cncc(Br)c1)C(=O)N[C@H]1CCCC[C@@H]1C. The van der Waals surface area contributed by atoms with Crippen LogP contribution in [0.1, 0.15) is 49.9 Å². The highest BCUT2D eigenvalue weighted by Crippen LogP contribution is 2.23. The van der Waals surface area contributed by atoms with Crippen LogP contribution in [0.15, 0.2) is 22.9 Å². The lowest BCUT2D eigenvalue weighted by Gasteiger charge is -2.30. The van der Waals surface area contributed by atoms with E-state index in [2.05, 4.69) is 33.2 Å². The molecule has 3 atom stereocenters. The van der Waals surface area contributed by atoms with Gasteiger partial charge in [-0.15, -0.1) is 0 Å². The number of esters is 1. The monoisotopic (exact) mass is 368 g/mol. The van der Waals surface area contributed by atoms with Gasteiger partial charge in [-0.1, -0.05) is 19.8 Å². The molecule has 22 heavy (non-hydrogen) atoms. The average Bonchev–Trinajstić information content (AvgIpc) is 2.49. The summed E-state index contributed by atoms with van der Waals surface area (Å²) in [6, 6.07) is 1.79. The number of aromatic nitrogens is 1. The van der Waals surface area contributed by atoms with Crippen molar-refractivity contribution >= 4 is 27.8 Å². The topological polar surface area (TPSA) is 68.3 Å². The molecule has 0 aliphatic heterocycles. The van der Waals surface area contributed by atoms with E-state index in [0.717, 1.165) is 19.3 Å². The van der Waals surface area contributed by atoms with Gasteiger partial charge in [-0.3, -0.25) is 9.78 Å². The zero-order valence-corrected chi connectivity index (χ0v) is 14.4. The minimum Gasteiger partial charge on any atom is -0.449 e. The first-order chi connectivity index (χ1) is 10.5. The quantitative estimate of drug-likeness (QED) is 0.829. The van der Waals surface area contributed by atoms with Crippen molar-refractivity contribution in [2.24, 2.45) is 5.92 Å². The molecule has 1 amide bonds. The first-order valence-electron chi connectivity index (χ1n) is 7.59. The van der Waals surface area contributed by atoms with Crippen LogP contribution in [0, 0.1) is 5.92 Å². The van der Waals surface area contributed by atoms with Gasteiger partial charge in [-0.2, -0.15) is 0 Å². The summed E-state index contributed by atoms with van der Waals surface area (Å²) in [6.07, 6.45) is 6.64. The van der Waals surface area contributed by atoms with Crippen molar-refractivity contribution < 1.29 is 14.3 Å². The number of nitrogens with zero attached hydrogens (tertiary/aromatic N) is 1. The molecule has 0 aromatic carbocycles. The summed E-state index contributed by atoms with van der Waals surface area (Å²) in [5.41, 5.74) is 0.319. The van der Waals surface area contributed by atoms with Crippen LogP contribution < -0.4 is 5.32 Å². The molecule has 1 heterocycles. The molecule has 1 aromatic heterocycles. The van der Waals surface area contributed by atoms with Crippen LogP contribution in [0.2, 0.25) is 0 Å². The number of nitrogens with one attached hydrogen (secondary N) is 1. The van der Waals surface area contributed by atoms with Crippen molar-refractivity contribution in [3.8, 4) is 0 Å². The number of carbonyl (C=O) groups excluding carboxylic acids is 2. The Balaban J connectivity index is 1.89. The van der Waals surface area contributed by atoms with Crippen LogP contribution >= 0.6 is 15.9 Å². The van der Waals surface area contributed by atoms with Gasteiger partial charge in [-0.25, -0.2) is 4.79 Å². The maximum atomic E-state index is 12.2. The van der Waals surface area contributed by atoms with Crippen molar-refractivity contribution in [1.82, 2.24) is 10.3 Å². The van der Waals surface area contributed by atoms with Gasteiger partial charge in [0.15, 0.2) is 6.10 Å². The molecule has 0 spiro atoms. The Kier molecular flexibility index (Phi) is 5.94. The lowest BCUT2D eigenvalue weighted by Crippen LogP contribution is -2.46. The van der Waals surface area contributed by atoms with Gasteiger partial charge in [-0.05, 0) is 47.7 Å². The second-order valence-electron chi connectivity index (χ2n) is 5.82. The van der Waals surface area contributed by atoms with E-state index in [0.29, 0.717) is 16.0 Å². The van der Waals surface area contributed by atoms with E-state index >= 15 is 0 Å². The zero-order chi connectivity index (χ0) is 16.1. The molecule has 5 nitrogen and oxygen atoms in total. The van der Waals surface area contributed by atoms with Gasteiger partial charge in [0.1, 0.15) is 0 Å². The highest BCUT2D eigenvalue weighted by molar-refractivity contribution is 9.10. The number of carbonyl (C=O) groups is 2. The minimum absolute atomic E-state index is 0.176. The summed E-state index contributed by atoms with van der Waals surface area (Å²) >= 11 is 3.25. The van der Waals surface area contributed by atoms with E-state index in [1.165, 1.54) is 12.6 Å². The van der Waals surface area contributed by atoms with Gasteiger partial charge in [0.2, 0.25) is 0 Å². The lowest BCUT2D eigenvalue weighted by molar-refractivity contribution is -0.130. The van der Waals surface area contributed by atoms with Crippen LogP contribution in [0.3, 0.4) is 0 Å². The third-order valence-corrected chi connectivity index (χ3v) is 4.47. The molecule has 1 aromatic rings. The Bertz CT molecular complexity index is 550. The first kappa shape index (κ1) is 16.9. The number of halogens is 1. The Morgan fingerprint density at radius 2 is 2.09 bits per heavy atom. The molecule has 1 aliphatic rings. The van der Waals surface area contributed by atoms with E-state index in [9.17, 15) is 9.59 Å². The molecule has 0 radical (unpaired) electrons. The first-order valence-corrected chi connectivity index (χ1v) is 8.38. The highest BCUT2D eigenvalue weighted by Gasteiger charge is 2.26. The van der Waals surface area contributed by atoms with Crippen LogP contribution in [0.4, 0.5) is 0 Å². The fourth-order valence-corrected chi connectivity index (χ4v) is 3.00. The minimum atomic E-state index is -0.819. The second-order valence-corrected chi connectivity index (χ2v) is 6.73. The molecule has 2 rings (SSSR count). The molecule has 1 saturated carbocycles. The van der Waals surface area contributed by atoms with Crippen molar-refractivity contribution in [1.29, 1.82) is 0 Å². The summed E-state index contributed by atoms with van der Waals surface area (Å²) in [6.45, 7) is 3.74. The molecular formula is C16H21BrN2O3.